The topological polar surface area (TPSA) is 64.1 Å². The number of hydrogen-bond donors (Lipinski definition) is 1. The van der Waals surface area contributed by atoms with E-state index in [0.717, 1.165) is 12.0 Å². The second-order valence-corrected chi connectivity index (χ2v) is 3.42. The predicted molar refractivity (Wildman–Crippen MR) is 61.5 cm³/mol. The number of rotatable bonds is 4. The molecule has 88 valence electrons. The quantitative estimate of drug-likeness (QED) is 0.889. The van der Waals surface area contributed by atoms with Crippen LogP contribution in [0.5, 0.6) is 0 Å². The molecule has 1 N–H and O–H groups in total. The number of nitrogens with zero attached hydrogens (tertiary/aromatic N) is 2. The van der Waals surface area contributed by atoms with Crippen molar-refractivity contribution in [2.45, 2.75) is 19.4 Å². The number of halogens is 1. The molecule has 0 amide bonds. The molecule has 2 heterocycles. The van der Waals surface area contributed by atoms with Crippen molar-refractivity contribution in [1.29, 1.82) is 0 Å². The van der Waals surface area contributed by atoms with Gasteiger partial charge in [0.05, 0.1) is 11.8 Å². The third kappa shape index (κ3) is 2.84. The Balaban J connectivity index is 0.00000128. The van der Waals surface area contributed by atoms with E-state index < -0.39 is 0 Å². The molecule has 6 heteroatoms. The van der Waals surface area contributed by atoms with E-state index in [0.29, 0.717) is 17.8 Å². The third-order valence-corrected chi connectivity index (χ3v) is 2.22. The van der Waals surface area contributed by atoms with Gasteiger partial charge in [0.25, 0.3) is 5.89 Å². The third-order valence-electron chi connectivity index (χ3n) is 2.22. The zero-order valence-electron chi connectivity index (χ0n) is 9.14. The Labute approximate surface area is 99.6 Å². The molecule has 0 aliphatic heterocycles. The highest BCUT2D eigenvalue weighted by Gasteiger charge is 2.11. The highest BCUT2D eigenvalue weighted by Crippen LogP contribution is 2.17. The molecule has 2 rings (SSSR count). The second kappa shape index (κ2) is 5.67. The molecule has 2 aromatic heterocycles. The number of likely N-dealkylation sites (N-methyl/N-ethyl adjacent to an activating group) is 1. The van der Waals surface area contributed by atoms with Gasteiger partial charge in [-0.2, -0.15) is 4.98 Å². The average Bonchev–Trinajstić information content (AvgIpc) is 2.85. The smallest absolute Gasteiger partial charge is 0.261 e. The molecule has 1 atom stereocenters. The molecular formula is C10H14ClN3O2. The highest BCUT2D eigenvalue weighted by molar-refractivity contribution is 5.85. The minimum absolute atomic E-state index is 0. The van der Waals surface area contributed by atoms with Gasteiger partial charge in [-0.05, 0) is 20.0 Å². The van der Waals surface area contributed by atoms with Gasteiger partial charge in [-0.25, -0.2) is 0 Å². The lowest BCUT2D eigenvalue weighted by molar-refractivity contribution is 0.417. The van der Waals surface area contributed by atoms with Crippen molar-refractivity contribution < 1.29 is 8.94 Å². The fourth-order valence-electron chi connectivity index (χ4n) is 1.22. The van der Waals surface area contributed by atoms with Crippen molar-refractivity contribution in [1.82, 2.24) is 15.5 Å². The van der Waals surface area contributed by atoms with Crippen LogP contribution in [0.25, 0.3) is 11.5 Å². The maximum absolute atomic E-state index is 5.11. The molecule has 1 unspecified atom stereocenters. The summed E-state index contributed by atoms with van der Waals surface area (Å²) in [6, 6.07) is 2.12. The van der Waals surface area contributed by atoms with Crippen molar-refractivity contribution in [3.8, 4) is 11.5 Å². The van der Waals surface area contributed by atoms with Gasteiger partial charge in [0.1, 0.15) is 6.26 Å². The summed E-state index contributed by atoms with van der Waals surface area (Å²) in [5.74, 6) is 1.20. The van der Waals surface area contributed by atoms with E-state index in [1.165, 1.54) is 0 Å². The van der Waals surface area contributed by atoms with E-state index in [9.17, 15) is 0 Å². The predicted octanol–water partition coefficient (Wildman–Crippen LogP) is 1.90. The average molecular weight is 244 g/mol. The zero-order valence-corrected chi connectivity index (χ0v) is 9.95. The Kier molecular flexibility index (Phi) is 4.52. The van der Waals surface area contributed by atoms with Crippen LogP contribution in [-0.4, -0.2) is 23.2 Å². The molecule has 0 aliphatic rings. The van der Waals surface area contributed by atoms with Gasteiger partial charge in [0, 0.05) is 12.5 Å². The summed E-state index contributed by atoms with van der Waals surface area (Å²) >= 11 is 0. The van der Waals surface area contributed by atoms with Gasteiger partial charge >= 0.3 is 0 Å². The maximum Gasteiger partial charge on any atom is 0.261 e. The van der Waals surface area contributed by atoms with Crippen molar-refractivity contribution >= 4 is 12.4 Å². The second-order valence-electron chi connectivity index (χ2n) is 3.42. The lowest BCUT2D eigenvalue weighted by atomic mass is 10.2. The molecule has 0 saturated carbocycles. The van der Waals surface area contributed by atoms with Gasteiger partial charge in [-0.1, -0.05) is 5.16 Å². The molecule has 16 heavy (non-hydrogen) atoms. The monoisotopic (exact) mass is 243 g/mol. The van der Waals surface area contributed by atoms with E-state index in [4.69, 9.17) is 8.94 Å². The van der Waals surface area contributed by atoms with E-state index in [-0.39, 0.29) is 12.4 Å². The van der Waals surface area contributed by atoms with Crippen LogP contribution in [0.3, 0.4) is 0 Å². The number of furan rings is 1. The molecule has 0 spiro atoms. The van der Waals surface area contributed by atoms with Gasteiger partial charge in [0.2, 0.25) is 0 Å². The molecule has 0 fully saturated rings. The van der Waals surface area contributed by atoms with Crippen LogP contribution in [0, 0.1) is 0 Å². The SMILES string of the molecule is CNC(C)Cc1noc(-c2ccoc2)n1.Cl. The van der Waals surface area contributed by atoms with Crippen molar-refractivity contribution in [2.24, 2.45) is 0 Å². The summed E-state index contributed by atoms with van der Waals surface area (Å²) in [6.07, 6.45) is 3.91. The van der Waals surface area contributed by atoms with Crippen molar-refractivity contribution in [3.05, 3.63) is 24.4 Å². The minimum Gasteiger partial charge on any atom is -0.472 e. The van der Waals surface area contributed by atoms with Gasteiger partial charge in [-0.15, -0.1) is 12.4 Å². The fourth-order valence-corrected chi connectivity index (χ4v) is 1.22. The molecular weight excluding hydrogens is 230 g/mol. The van der Waals surface area contributed by atoms with E-state index in [1.54, 1.807) is 18.6 Å². The molecule has 0 aliphatic carbocycles. The van der Waals surface area contributed by atoms with Crippen LogP contribution in [-0.2, 0) is 6.42 Å². The van der Waals surface area contributed by atoms with Gasteiger partial charge < -0.3 is 14.3 Å². The standard InChI is InChI=1S/C10H13N3O2.ClH/c1-7(11-2)5-9-12-10(15-13-9)8-3-4-14-6-8;/h3-4,6-7,11H,5H2,1-2H3;1H. The largest absolute Gasteiger partial charge is 0.472 e. The fraction of sp³-hybridized carbons (Fsp3) is 0.400. The number of nitrogens with one attached hydrogen (secondary N) is 1. The number of hydrogen-bond acceptors (Lipinski definition) is 5. The van der Waals surface area contributed by atoms with Crippen molar-refractivity contribution in [2.75, 3.05) is 7.05 Å². The first-order valence-corrected chi connectivity index (χ1v) is 4.82. The summed E-state index contributed by atoms with van der Waals surface area (Å²) in [6.45, 7) is 2.06. The van der Waals surface area contributed by atoms with Gasteiger partial charge in [0.15, 0.2) is 5.82 Å². The summed E-state index contributed by atoms with van der Waals surface area (Å²) in [4.78, 5) is 4.26. The zero-order chi connectivity index (χ0) is 10.7. The summed E-state index contributed by atoms with van der Waals surface area (Å²) in [7, 11) is 1.90. The lowest BCUT2D eigenvalue weighted by Gasteiger charge is -2.04. The van der Waals surface area contributed by atoms with Crippen molar-refractivity contribution in [3.63, 3.8) is 0 Å². The molecule has 0 saturated heterocycles. The number of aromatic nitrogens is 2. The Morgan fingerprint density at radius 1 is 1.50 bits per heavy atom. The first-order chi connectivity index (χ1) is 7.29. The molecule has 0 aromatic carbocycles. The minimum atomic E-state index is 0. The lowest BCUT2D eigenvalue weighted by Crippen LogP contribution is -2.24. The summed E-state index contributed by atoms with van der Waals surface area (Å²) < 4.78 is 10.0. The Morgan fingerprint density at radius 3 is 2.94 bits per heavy atom. The first kappa shape index (κ1) is 12.7. The summed E-state index contributed by atoms with van der Waals surface area (Å²) in [5, 5.41) is 7.01. The maximum atomic E-state index is 5.11. The van der Waals surface area contributed by atoms with E-state index >= 15 is 0 Å². The molecule has 0 radical (unpaired) electrons. The van der Waals surface area contributed by atoms with Gasteiger partial charge in [-0.3, -0.25) is 0 Å². The summed E-state index contributed by atoms with van der Waals surface area (Å²) in [5.41, 5.74) is 0.811. The molecule has 0 bridgehead atoms. The Bertz CT molecular complexity index is 413. The van der Waals surface area contributed by atoms with E-state index in [2.05, 4.69) is 22.4 Å². The van der Waals surface area contributed by atoms with Crippen LogP contribution in [0.15, 0.2) is 27.5 Å². The Hall–Kier alpha value is -1.33. The van der Waals surface area contributed by atoms with Crippen LogP contribution in [0.1, 0.15) is 12.7 Å². The van der Waals surface area contributed by atoms with Crippen LogP contribution in [0.2, 0.25) is 0 Å². The van der Waals surface area contributed by atoms with Crippen LogP contribution in [0.4, 0.5) is 0 Å². The first-order valence-electron chi connectivity index (χ1n) is 4.82. The van der Waals surface area contributed by atoms with Crippen LogP contribution < -0.4 is 5.32 Å². The normalized spacial score (nSPS) is 12.1. The van der Waals surface area contributed by atoms with E-state index in [1.807, 2.05) is 7.05 Å². The highest BCUT2D eigenvalue weighted by atomic mass is 35.5. The Morgan fingerprint density at radius 2 is 2.31 bits per heavy atom. The van der Waals surface area contributed by atoms with Crippen LogP contribution >= 0.6 is 12.4 Å². The molecule has 2 aromatic rings. The molecule has 5 nitrogen and oxygen atoms in total.